The molecule has 1 aliphatic rings. The second-order valence-corrected chi connectivity index (χ2v) is 12.0. The van der Waals surface area contributed by atoms with Crippen LogP contribution in [0.2, 0.25) is 0 Å². The molecule has 0 saturated heterocycles. The SMILES string of the molecule is CCCCCCCCCCCCCCOc1c(OCC(=O)Nc2cccc(CN3CSC=C3C)c2)cccc1C(C)=O. The summed E-state index contributed by atoms with van der Waals surface area (Å²) in [6.45, 7) is 7.03. The topological polar surface area (TPSA) is 67.9 Å². The first kappa shape index (κ1) is 33.6. The molecule has 0 saturated carbocycles. The van der Waals surface area contributed by atoms with E-state index in [1.165, 1.54) is 76.8 Å². The van der Waals surface area contributed by atoms with Crippen molar-refractivity contribution >= 4 is 29.1 Å². The molecule has 3 rings (SSSR count). The third kappa shape index (κ3) is 12.1. The first-order chi connectivity index (χ1) is 20.5. The summed E-state index contributed by atoms with van der Waals surface area (Å²) in [6, 6.07) is 13.1. The van der Waals surface area contributed by atoms with Crippen LogP contribution >= 0.6 is 11.8 Å². The minimum Gasteiger partial charge on any atom is -0.489 e. The first-order valence-corrected chi connectivity index (χ1v) is 16.8. The van der Waals surface area contributed by atoms with Crippen molar-refractivity contribution in [2.75, 3.05) is 24.4 Å². The molecule has 1 N–H and O–H groups in total. The number of ether oxygens (including phenoxy) is 2. The second kappa shape index (κ2) is 19.3. The number of thioether (sulfide) groups is 1. The molecule has 0 aliphatic carbocycles. The fourth-order valence-electron chi connectivity index (χ4n) is 5.08. The van der Waals surface area contributed by atoms with Gasteiger partial charge in [-0.3, -0.25) is 9.59 Å². The van der Waals surface area contributed by atoms with Gasteiger partial charge in [-0.2, -0.15) is 0 Å². The predicted molar refractivity (Wildman–Crippen MR) is 175 cm³/mol. The summed E-state index contributed by atoms with van der Waals surface area (Å²) in [7, 11) is 0. The maximum Gasteiger partial charge on any atom is 0.262 e. The maximum absolute atomic E-state index is 12.7. The smallest absolute Gasteiger partial charge is 0.262 e. The zero-order chi connectivity index (χ0) is 30.0. The molecular formula is C35H50N2O4S. The van der Waals surface area contributed by atoms with Gasteiger partial charge in [0.25, 0.3) is 5.91 Å². The fourth-order valence-corrected chi connectivity index (χ4v) is 6.02. The molecule has 0 atom stereocenters. The molecule has 2 aromatic rings. The van der Waals surface area contributed by atoms with Crippen LogP contribution < -0.4 is 14.8 Å². The molecular weight excluding hydrogens is 544 g/mol. The summed E-state index contributed by atoms with van der Waals surface area (Å²) >= 11 is 1.79. The van der Waals surface area contributed by atoms with Crippen molar-refractivity contribution in [1.82, 2.24) is 4.90 Å². The van der Waals surface area contributed by atoms with Gasteiger partial charge in [0, 0.05) is 17.9 Å². The molecule has 0 unspecified atom stereocenters. The number of amides is 1. The Kier molecular flexibility index (Phi) is 15.4. The molecule has 2 aromatic carbocycles. The lowest BCUT2D eigenvalue weighted by Gasteiger charge is -2.19. The Morgan fingerprint density at radius 2 is 1.55 bits per heavy atom. The highest BCUT2D eigenvalue weighted by Gasteiger charge is 2.16. The first-order valence-electron chi connectivity index (χ1n) is 15.8. The van der Waals surface area contributed by atoms with Crippen LogP contribution in [0, 0.1) is 0 Å². The van der Waals surface area contributed by atoms with Gasteiger partial charge in [0.1, 0.15) is 0 Å². The lowest BCUT2D eigenvalue weighted by molar-refractivity contribution is -0.118. The minimum atomic E-state index is -0.264. The van der Waals surface area contributed by atoms with Crippen LogP contribution in [-0.2, 0) is 11.3 Å². The predicted octanol–water partition coefficient (Wildman–Crippen LogP) is 9.35. The van der Waals surface area contributed by atoms with Crippen LogP contribution in [0.5, 0.6) is 11.5 Å². The summed E-state index contributed by atoms with van der Waals surface area (Å²) < 4.78 is 11.9. The number of hydrogen-bond donors (Lipinski definition) is 1. The number of unbranched alkanes of at least 4 members (excludes halogenated alkanes) is 11. The summed E-state index contributed by atoms with van der Waals surface area (Å²) in [5.74, 6) is 1.43. The van der Waals surface area contributed by atoms with Gasteiger partial charge in [-0.05, 0) is 55.5 Å². The Hall–Kier alpha value is -2.93. The minimum absolute atomic E-state index is 0.0899. The number of benzene rings is 2. The summed E-state index contributed by atoms with van der Waals surface area (Å²) in [5, 5.41) is 5.10. The lowest BCUT2D eigenvalue weighted by atomic mass is 10.1. The van der Waals surface area contributed by atoms with E-state index >= 15 is 0 Å². The van der Waals surface area contributed by atoms with Crippen LogP contribution in [0.4, 0.5) is 5.69 Å². The van der Waals surface area contributed by atoms with Gasteiger partial charge in [-0.15, -0.1) is 11.8 Å². The number of allylic oxidation sites excluding steroid dienone is 1. The van der Waals surface area contributed by atoms with E-state index in [0.29, 0.717) is 23.7 Å². The Labute approximate surface area is 257 Å². The van der Waals surface area contributed by atoms with Gasteiger partial charge in [0.2, 0.25) is 0 Å². The van der Waals surface area contributed by atoms with Crippen molar-refractivity contribution in [3.63, 3.8) is 0 Å². The van der Waals surface area contributed by atoms with E-state index in [4.69, 9.17) is 9.47 Å². The molecule has 0 radical (unpaired) electrons. The molecule has 1 aliphatic heterocycles. The monoisotopic (exact) mass is 594 g/mol. The van der Waals surface area contributed by atoms with Crippen LogP contribution in [0.1, 0.15) is 114 Å². The van der Waals surface area contributed by atoms with Crippen molar-refractivity contribution < 1.29 is 19.1 Å². The normalized spacial score (nSPS) is 12.7. The van der Waals surface area contributed by atoms with Gasteiger partial charge in [0.15, 0.2) is 23.9 Å². The summed E-state index contributed by atoms with van der Waals surface area (Å²) in [4.78, 5) is 27.3. The largest absolute Gasteiger partial charge is 0.489 e. The highest BCUT2D eigenvalue weighted by molar-refractivity contribution is 8.02. The third-order valence-electron chi connectivity index (χ3n) is 7.53. The lowest BCUT2D eigenvalue weighted by Crippen LogP contribution is -2.21. The molecule has 6 nitrogen and oxygen atoms in total. The number of anilines is 1. The number of nitrogens with zero attached hydrogens (tertiary/aromatic N) is 1. The van der Waals surface area contributed by atoms with Crippen molar-refractivity contribution in [2.45, 2.75) is 104 Å². The van der Waals surface area contributed by atoms with Crippen molar-refractivity contribution in [1.29, 1.82) is 0 Å². The summed E-state index contributed by atoms with van der Waals surface area (Å²) in [6.07, 6.45) is 15.3. The van der Waals surface area contributed by atoms with E-state index in [-0.39, 0.29) is 18.3 Å². The van der Waals surface area contributed by atoms with Gasteiger partial charge in [-0.1, -0.05) is 95.8 Å². The molecule has 0 fully saturated rings. The average molecular weight is 595 g/mol. The Morgan fingerprint density at radius 3 is 2.19 bits per heavy atom. The number of Topliss-reactive ketones (excluding diaryl/α,β-unsaturated/α-hetero) is 1. The van der Waals surface area contributed by atoms with Crippen LogP contribution in [-0.4, -0.2) is 35.7 Å². The van der Waals surface area contributed by atoms with Crippen molar-refractivity contribution in [3.05, 3.63) is 64.7 Å². The van der Waals surface area contributed by atoms with E-state index in [1.54, 1.807) is 30.0 Å². The van der Waals surface area contributed by atoms with Crippen LogP contribution in [0.25, 0.3) is 0 Å². The summed E-state index contributed by atoms with van der Waals surface area (Å²) in [5.41, 5.74) is 3.60. The number of rotatable bonds is 21. The fraction of sp³-hybridized carbons (Fsp3) is 0.543. The number of carbonyl (C=O) groups is 2. The molecule has 230 valence electrons. The highest BCUT2D eigenvalue weighted by Crippen LogP contribution is 2.32. The van der Waals surface area contributed by atoms with E-state index < -0.39 is 0 Å². The zero-order valence-corrected chi connectivity index (χ0v) is 26.7. The Morgan fingerprint density at radius 1 is 0.881 bits per heavy atom. The molecule has 1 amide bonds. The number of para-hydroxylation sites is 1. The Bertz CT molecular complexity index is 1150. The second-order valence-electron chi connectivity index (χ2n) is 11.2. The molecule has 0 bridgehead atoms. The van der Waals surface area contributed by atoms with E-state index in [9.17, 15) is 9.59 Å². The molecule has 1 heterocycles. The van der Waals surface area contributed by atoms with Gasteiger partial charge < -0.3 is 19.7 Å². The van der Waals surface area contributed by atoms with Gasteiger partial charge in [-0.25, -0.2) is 0 Å². The maximum atomic E-state index is 12.7. The number of nitrogens with one attached hydrogen (secondary N) is 1. The zero-order valence-electron chi connectivity index (χ0n) is 25.9. The molecule has 42 heavy (non-hydrogen) atoms. The third-order valence-corrected chi connectivity index (χ3v) is 8.50. The van der Waals surface area contributed by atoms with Crippen LogP contribution in [0.15, 0.2) is 53.6 Å². The average Bonchev–Trinajstić information content (AvgIpc) is 3.38. The van der Waals surface area contributed by atoms with E-state index in [2.05, 4.69) is 35.5 Å². The number of carbonyl (C=O) groups excluding carboxylic acids is 2. The van der Waals surface area contributed by atoms with Gasteiger partial charge >= 0.3 is 0 Å². The van der Waals surface area contributed by atoms with Crippen LogP contribution in [0.3, 0.4) is 0 Å². The number of hydrogen-bond acceptors (Lipinski definition) is 6. The quantitative estimate of drug-likeness (QED) is 0.115. The highest BCUT2D eigenvalue weighted by atomic mass is 32.2. The van der Waals surface area contributed by atoms with Crippen molar-refractivity contribution in [2.24, 2.45) is 0 Å². The van der Waals surface area contributed by atoms with E-state index in [1.807, 2.05) is 18.2 Å². The number of ketones is 1. The van der Waals surface area contributed by atoms with Crippen molar-refractivity contribution in [3.8, 4) is 11.5 Å². The van der Waals surface area contributed by atoms with Gasteiger partial charge in [0.05, 0.1) is 18.0 Å². The molecule has 0 spiro atoms. The standard InChI is InChI=1S/C35H50N2O4S/c1-4-5-6-7-8-9-10-11-12-13-14-15-22-40-35-32(29(3)38)20-17-21-33(35)41-25-34(39)36-31-19-16-18-30(23-31)24-37-27-42-26-28(37)2/h16-21,23,26H,4-15,22,24-25,27H2,1-3H3,(H,36,39). The Balaban J connectivity index is 1.40. The van der Waals surface area contributed by atoms with E-state index in [0.717, 1.165) is 36.5 Å². The molecule has 0 aromatic heterocycles. The molecule has 7 heteroatoms.